The lowest BCUT2D eigenvalue weighted by Crippen LogP contribution is -2.29. The fourth-order valence-electron chi connectivity index (χ4n) is 1.20. The average molecular weight is 279 g/mol. The van der Waals surface area contributed by atoms with Crippen LogP contribution in [0.5, 0.6) is 0 Å². The molecule has 0 aliphatic carbocycles. The van der Waals surface area contributed by atoms with E-state index in [9.17, 15) is 0 Å². The van der Waals surface area contributed by atoms with Crippen molar-refractivity contribution in [1.29, 1.82) is 0 Å². The number of nitrogens with zero attached hydrogens (tertiary/aromatic N) is 1. The van der Waals surface area contributed by atoms with Gasteiger partial charge in [-0.25, -0.2) is 0 Å². The smallest absolute Gasteiger partial charge is 0.423 e. The Labute approximate surface area is 116 Å². The third-order valence-corrected chi connectivity index (χ3v) is 2.36. The predicted molar refractivity (Wildman–Crippen MR) is 75.3 cm³/mol. The van der Waals surface area contributed by atoms with Gasteiger partial charge in [-0.1, -0.05) is 29.8 Å². The summed E-state index contributed by atoms with van der Waals surface area (Å²) < 4.78 is 0. The van der Waals surface area contributed by atoms with Crippen LogP contribution in [0, 0.1) is 0 Å². The molecule has 1 heterocycles. The molecule has 4 N–H and O–H groups in total. The molecule has 19 heavy (non-hydrogen) atoms. The quantitative estimate of drug-likeness (QED) is 0.517. The lowest BCUT2D eigenvalue weighted by molar-refractivity contribution is 0.424. The van der Waals surface area contributed by atoms with Gasteiger partial charge in [0.25, 0.3) is 0 Å². The van der Waals surface area contributed by atoms with E-state index in [0.717, 1.165) is 0 Å². The molecule has 0 amide bonds. The maximum atomic E-state index is 8.65. The minimum Gasteiger partial charge on any atom is -0.423 e. The topological polar surface area (TPSA) is 93.8 Å². The van der Waals surface area contributed by atoms with Crippen LogP contribution >= 0.6 is 11.6 Å². The number of hydrogen-bond donors (Lipinski definition) is 4. The Balaban J connectivity index is 0.000000191. The standard InChI is InChI=1S/C6H6BClO2.C5H6BNO2/c8-6-3-1-2-5(4-6)7(9)10;8-6(9)5-2-1-3-7-4-5/h1-4,9-10H;1-4,8-9H. The fourth-order valence-corrected chi connectivity index (χ4v) is 1.39. The predicted octanol–water partition coefficient (Wildman–Crippen LogP) is -1.22. The van der Waals surface area contributed by atoms with Crippen LogP contribution in [0.4, 0.5) is 0 Å². The summed E-state index contributed by atoms with van der Waals surface area (Å²) in [6, 6.07) is 9.68. The van der Waals surface area contributed by atoms with Crippen LogP contribution in [0.1, 0.15) is 0 Å². The van der Waals surface area contributed by atoms with Crippen molar-refractivity contribution in [3.63, 3.8) is 0 Å². The van der Waals surface area contributed by atoms with Crippen molar-refractivity contribution >= 4 is 36.8 Å². The molecule has 1 aromatic heterocycles. The van der Waals surface area contributed by atoms with Gasteiger partial charge in [0.05, 0.1) is 0 Å². The second-order valence-corrected chi connectivity index (χ2v) is 4.03. The van der Waals surface area contributed by atoms with Gasteiger partial charge in [-0.3, -0.25) is 4.98 Å². The summed E-state index contributed by atoms with van der Waals surface area (Å²) in [5.74, 6) is 0. The van der Waals surface area contributed by atoms with E-state index in [1.165, 1.54) is 12.3 Å². The first-order chi connectivity index (χ1) is 9.00. The highest BCUT2D eigenvalue weighted by Gasteiger charge is 2.09. The second-order valence-electron chi connectivity index (χ2n) is 3.59. The van der Waals surface area contributed by atoms with Crippen LogP contribution in [-0.4, -0.2) is 39.3 Å². The van der Waals surface area contributed by atoms with E-state index in [-0.39, 0.29) is 0 Å². The summed E-state index contributed by atoms with van der Waals surface area (Å²) in [7, 11) is -2.84. The lowest BCUT2D eigenvalue weighted by Gasteiger charge is -1.97. The second kappa shape index (κ2) is 7.93. The van der Waals surface area contributed by atoms with Crippen LogP contribution in [0.15, 0.2) is 48.8 Å². The Morgan fingerprint density at radius 3 is 1.89 bits per heavy atom. The lowest BCUT2D eigenvalue weighted by atomic mass is 9.81. The first kappa shape index (κ1) is 15.7. The maximum Gasteiger partial charge on any atom is 0.490 e. The van der Waals surface area contributed by atoms with Gasteiger partial charge in [-0.05, 0) is 23.7 Å². The van der Waals surface area contributed by atoms with Gasteiger partial charge in [0, 0.05) is 22.9 Å². The fraction of sp³-hybridized carbons (Fsp3) is 0. The number of pyridine rings is 1. The minimum atomic E-state index is -1.43. The van der Waals surface area contributed by atoms with Gasteiger partial charge >= 0.3 is 14.2 Å². The van der Waals surface area contributed by atoms with Crippen LogP contribution < -0.4 is 10.9 Å². The molecule has 0 bridgehead atoms. The van der Waals surface area contributed by atoms with Gasteiger partial charge < -0.3 is 20.1 Å². The summed E-state index contributed by atoms with van der Waals surface area (Å²) >= 11 is 5.57. The van der Waals surface area contributed by atoms with Crippen molar-refractivity contribution in [2.45, 2.75) is 0 Å². The molecule has 1 aromatic carbocycles. The summed E-state index contributed by atoms with van der Waals surface area (Å²) in [6.07, 6.45) is 2.98. The van der Waals surface area contributed by atoms with E-state index < -0.39 is 14.2 Å². The highest BCUT2D eigenvalue weighted by atomic mass is 35.5. The van der Waals surface area contributed by atoms with Crippen LogP contribution in [0.3, 0.4) is 0 Å². The van der Waals surface area contributed by atoms with E-state index in [4.69, 9.17) is 31.7 Å². The molecule has 5 nitrogen and oxygen atoms in total. The van der Waals surface area contributed by atoms with Crippen molar-refractivity contribution in [3.05, 3.63) is 53.8 Å². The highest BCUT2D eigenvalue weighted by Crippen LogP contribution is 2.03. The van der Waals surface area contributed by atoms with Crippen molar-refractivity contribution in [3.8, 4) is 0 Å². The zero-order valence-electron chi connectivity index (χ0n) is 9.89. The number of halogens is 1. The third kappa shape index (κ3) is 5.87. The summed E-state index contributed by atoms with van der Waals surface area (Å²) in [5.41, 5.74) is 0.824. The van der Waals surface area contributed by atoms with E-state index >= 15 is 0 Å². The molecule has 0 unspecified atom stereocenters. The zero-order valence-corrected chi connectivity index (χ0v) is 10.6. The van der Waals surface area contributed by atoms with Crippen LogP contribution in [0.25, 0.3) is 0 Å². The molecule has 0 atom stereocenters. The molecule has 2 rings (SSSR count). The molecule has 0 saturated carbocycles. The molecule has 0 saturated heterocycles. The van der Waals surface area contributed by atoms with Crippen molar-refractivity contribution in [2.75, 3.05) is 0 Å². The largest absolute Gasteiger partial charge is 0.490 e. The monoisotopic (exact) mass is 279 g/mol. The molecular weight excluding hydrogens is 267 g/mol. The van der Waals surface area contributed by atoms with Crippen LogP contribution in [0.2, 0.25) is 5.02 Å². The van der Waals surface area contributed by atoms with Gasteiger partial charge in [0.15, 0.2) is 0 Å². The Kier molecular flexibility index (Phi) is 6.55. The first-order valence-corrected chi connectivity index (χ1v) is 5.76. The van der Waals surface area contributed by atoms with E-state index in [2.05, 4.69) is 4.98 Å². The summed E-state index contributed by atoms with van der Waals surface area (Å²) in [5, 5.41) is 34.9. The maximum absolute atomic E-state index is 8.65. The molecular formula is C11H12B2ClNO4. The molecule has 0 aliphatic rings. The van der Waals surface area contributed by atoms with Gasteiger partial charge in [0.1, 0.15) is 0 Å². The van der Waals surface area contributed by atoms with Gasteiger partial charge in [0.2, 0.25) is 0 Å². The van der Waals surface area contributed by atoms with E-state index in [1.54, 1.807) is 36.5 Å². The third-order valence-electron chi connectivity index (χ3n) is 2.13. The molecule has 0 radical (unpaired) electrons. The summed E-state index contributed by atoms with van der Waals surface area (Å²) in [4.78, 5) is 3.69. The van der Waals surface area contributed by atoms with Crippen molar-refractivity contribution in [1.82, 2.24) is 4.98 Å². The first-order valence-electron chi connectivity index (χ1n) is 5.38. The Hall–Kier alpha value is -1.37. The number of benzene rings is 1. The van der Waals surface area contributed by atoms with Crippen molar-refractivity contribution in [2.24, 2.45) is 0 Å². The Bertz CT molecular complexity index is 499. The molecule has 98 valence electrons. The molecule has 0 aliphatic heterocycles. The van der Waals surface area contributed by atoms with Crippen molar-refractivity contribution < 1.29 is 20.1 Å². The number of hydrogen-bond acceptors (Lipinski definition) is 5. The minimum absolute atomic E-state index is 0.410. The highest BCUT2D eigenvalue weighted by molar-refractivity contribution is 6.59. The Morgan fingerprint density at radius 1 is 0.895 bits per heavy atom. The zero-order chi connectivity index (χ0) is 14.3. The van der Waals surface area contributed by atoms with E-state index in [1.807, 2.05) is 0 Å². The summed E-state index contributed by atoms with van der Waals surface area (Å²) in [6.45, 7) is 0. The van der Waals surface area contributed by atoms with Gasteiger partial charge in [-0.15, -0.1) is 0 Å². The number of rotatable bonds is 2. The SMILES string of the molecule is OB(O)c1cccc(Cl)c1.OB(O)c1cccnc1. The average Bonchev–Trinajstić information content (AvgIpc) is 2.40. The van der Waals surface area contributed by atoms with Crippen LogP contribution in [-0.2, 0) is 0 Å². The molecule has 0 fully saturated rings. The Morgan fingerprint density at radius 2 is 1.53 bits per heavy atom. The molecule has 2 aromatic rings. The normalized spacial score (nSPS) is 9.32. The van der Waals surface area contributed by atoms with E-state index in [0.29, 0.717) is 15.9 Å². The number of aromatic nitrogens is 1. The molecule has 8 heteroatoms. The van der Waals surface area contributed by atoms with Gasteiger partial charge in [-0.2, -0.15) is 0 Å². The molecule has 0 spiro atoms.